The van der Waals surface area contributed by atoms with Crippen LogP contribution in [0.3, 0.4) is 0 Å². The summed E-state index contributed by atoms with van der Waals surface area (Å²) in [5.41, 5.74) is 7.92. The number of hydrogen-bond donors (Lipinski definition) is 2. The standard InChI is InChI=1S/C15H23N3/c1-3-5-7-12(4-2)11-18-14-9-6-8-13(10-16)15(14)17/h6,8-9,12,18H,3-5,7,11,17H2,1-2H3. The van der Waals surface area contributed by atoms with E-state index >= 15 is 0 Å². The van der Waals surface area contributed by atoms with E-state index in [1.54, 1.807) is 6.07 Å². The highest BCUT2D eigenvalue weighted by Crippen LogP contribution is 2.23. The van der Waals surface area contributed by atoms with Gasteiger partial charge in [-0.2, -0.15) is 5.26 Å². The number of nitrogens with zero attached hydrogens (tertiary/aromatic N) is 1. The van der Waals surface area contributed by atoms with Crippen molar-refractivity contribution in [1.29, 1.82) is 5.26 Å². The first-order valence-corrected chi connectivity index (χ1v) is 6.75. The lowest BCUT2D eigenvalue weighted by molar-refractivity contribution is 0.473. The van der Waals surface area contributed by atoms with E-state index in [1.165, 1.54) is 25.7 Å². The van der Waals surface area contributed by atoms with E-state index in [1.807, 2.05) is 12.1 Å². The van der Waals surface area contributed by atoms with Gasteiger partial charge in [-0.1, -0.05) is 39.2 Å². The van der Waals surface area contributed by atoms with Crippen LogP contribution < -0.4 is 11.1 Å². The summed E-state index contributed by atoms with van der Waals surface area (Å²) in [7, 11) is 0. The number of nitrogens with two attached hydrogens (primary N) is 1. The molecular formula is C15H23N3. The molecule has 1 aromatic rings. The highest BCUT2D eigenvalue weighted by molar-refractivity contribution is 5.72. The van der Waals surface area contributed by atoms with Crippen molar-refractivity contribution < 1.29 is 0 Å². The van der Waals surface area contributed by atoms with E-state index in [0.29, 0.717) is 17.2 Å². The van der Waals surface area contributed by atoms with Crippen molar-refractivity contribution in [3.63, 3.8) is 0 Å². The Morgan fingerprint density at radius 1 is 1.39 bits per heavy atom. The molecule has 0 aliphatic carbocycles. The largest absolute Gasteiger partial charge is 0.396 e. The molecule has 0 aliphatic heterocycles. The lowest BCUT2D eigenvalue weighted by Gasteiger charge is -2.17. The van der Waals surface area contributed by atoms with Crippen LogP contribution in [0.5, 0.6) is 0 Å². The number of nitriles is 1. The Bertz CT molecular complexity index is 407. The number of nitrogens with one attached hydrogen (secondary N) is 1. The number of nitrogen functional groups attached to an aromatic ring is 1. The molecule has 3 nitrogen and oxygen atoms in total. The molecular weight excluding hydrogens is 222 g/mol. The van der Waals surface area contributed by atoms with E-state index in [-0.39, 0.29) is 0 Å². The zero-order valence-electron chi connectivity index (χ0n) is 11.4. The molecule has 0 aliphatic rings. The summed E-state index contributed by atoms with van der Waals surface area (Å²) in [5.74, 6) is 0.676. The van der Waals surface area contributed by atoms with Gasteiger partial charge in [-0.3, -0.25) is 0 Å². The van der Waals surface area contributed by atoms with Gasteiger partial charge in [0, 0.05) is 6.54 Å². The fourth-order valence-corrected chi connectivity index (χ4v) is 2.01. The fourth-order valence-electron chi connectivity index (χ4n) is 2.01. The molecule has 1 rings (SSSR count). The van der Waals surface area contributed by atoms with E-state index < -0.39 is 0 Å². The second-order valence-electron chi connectivity index (χ2n) is 4.68. The smallest absolute Gasteiger partial charge is 0.101 e. The third-order valence-corrected chi connectivity index (χ3v) is 3.35. The summed E-state index contributed by atoms with van der Waals surface area (Å²) in [6, 6.07) is 7.65. The minimum absolute atomic E-state index is 0.543. The Morgan fingerprint density at radius 3 is 2.78 bits per heavy atom. The highest BCUT2D eigenvalue weighted by atomic mass is 14.9. The second-order valence-corrected chi connectivity index (χ2v) is 4.68. The molecule has 0 saturated heterocycles. The third kappa shape index (κ3) is 3.96. The van der Waals surface area contributed by atoms with Crippen molar-refractivity contribution in [3.8, 4) is 6.07 Å². The molecule has 3 heteroatoms. The molecule has 0 aromatic heterocycles. The van der Waals surface area contributed by atoms with Gasteiger partial charge in [-0.15, -0.1) is 0 Å². The van der Waals surface area contributed by atoms with Crippen molar-refractivity contribution in [3.05, 3.63) is 23.8 Å². The summed E-state index contributed by atoms with van der Waals surface area (Å²) in [5, 5.41) is 12.3. The van der Waals surface area contributed by atoms with Crippen LogP contribution in [0.1, 0.15) is 45.1 Å². The topological polar surface area (TPSA) is 61.8 Å². The lowest BCUT2D eigenvalue weighted by Crippen LogP contribution is -2.14. The predicted octanol–water partition coefficient (Wildman–Crippen LogP) is 3.77. The number of anilines is 2. The molecule has 0 spiro atoms. The van der Waals surface area contributed by atoms with Crippen LogP contribution >= 0.6 is 0 Å². The van der Waals surface area contributed by atoms with Gasteiger partial charge < -0.3 is 11.1 Å². The summed E-state index contributed by atoms with van der Waals surface area (Å²) in [6.07, 6.45) is 4.93. The molecule has 1 aromatic carbocycles. The average Bonchev–Trinajstić information content (AvgIpc) is 2.40. The SMILES string of the molecule is CCCCC(CC)CNc1cccc(C#N)c1N. The maximum atomic E-state index is 8.92. The molecule has 0 heterocycles. The maximum Gasteiger partial charge on any atom is 0.101 e. The molecule has 98 valence electrons. The summed E-state index contributed by atoms with van der Waals surface area (Å²) >= 11 is 0. The minimum atomic E-state index is 0.543. The molecule has 1 unspecified atom stereocenters. The number of para-hydroxylation sites is 1. The van der Waals surface area contributed by atoms with Crippen molar-refractivity contribution in [1.82, 2.24) is 0 Å². The second kappa shape index (κ2) is 7.60. The molecule has 3 N–H and O–H groups in total. The first-order valence-electron chi connectivity index (χ1n) is 6.75. The van der Waals surface area contributed by atoms with Gasteiger partial charge in [0.1, 0.15) is 6.07 Å². The van der Waals surface area contributed by atoms with Gasteiger partial charge in [0.15, 0.2) is 0 Å². The van der Waals surface area contributed by atoms with E-state index in [4.69, 9.17) is 11.0 Å². The molecule has 0 saturated carbocycles. The summed E-state index contributed by atoms with van der Waals surface area (Å²) in [6.45, 7) is 5.36. The van der Waals surface area contributed by atoms with Crippen LogP contribution in [0.15, 0.2) is 18.2 Å². The van der Waals surface area contributed by atoms with Gasteiger partial charge in [0.25, 0.3) is 0 Å². The molecule has 1 atom stereocenters. The van der Waals surface area contributed by atoms with E-state index in [0.717, 1.165) is 12.2 Å². The lowest BCUT2D eigenvalue weighted by atomic mass is 9.99. The normalized spacial score (nSPS) is 11.8. The van der Waals surface area contributed by atoms with Crippen LogP contribution in [0.25, 0.3) is 0 Å². The average molecular weight is 245 g/mol. The van der Waals surface area contributed by atoms with E-state index in [2.05, 4.69) is 25.2 Å². The first-order chi connectivity index (χ1) is 8.72. The zero-order valence-corrected chi connectivity index (χ0v) is 11.4. The van der Waals surface area contributed by atoms with Gasteiger partial charge in [0.05, 0.1) is 16.9 Å². The summed E-state index contributed by atoms with van der Waals surface area (Å²) in [4.78, 5) is 0. The zero-order chi connectivity index (χ0) is 13.4. The number of rotatable bonds is 7. The van der Waals surface area contributed by atoms with Crippen molar-refractivity contribution in [2.75, 3.05) is 17.6 Å². The third-order valence-electron chi connectivity index (χ3n) is 3.35. The maximum absolute atomic E-state index is 8.92. The van der Waals surface area contributed by atoms with Crippen LogP contribution in [0, 0.1) is 17.2 Å². The number of hydrogen-bond acceptors (Lipinski definition) is 3. The van der Waals surface area contributed by atoms with Gasteiger partial charge in [0.2, 0.25) is 0 Å². The molecule has 0 bridgehead atoms. The number of unbranched alkanes of at least 4 members (excludes halogenated alkanes) is 1. The Kier molecular flexibility index (Phi) is 6.07. The Hall–Kier alpha value is -1.69. The van der Waals surface area contributed by atoms with Gasteiger partial charge >= 0.3 is 0 Å². The molecule has 0 amide bonds. The Labute approximate surface area is 110 Å². The molecule has 18 heavy (non-hydrogen) atoms. The Balaban J connectivity index is 2.60. The van der Waals surface area contributed by atoms with Crippen LogP contribution in [-0.4, -0.2) is 6.54 Å². The van der Waals surface area contributed by atoms with Gasteiger partial charge in [-0.25, -0.2) is 0 Å². The van der Waals surface area contributed by atoms with Crippen molar-refractivity contribution >= 4 is 11.4 Å². The molecule has 0 fully saturated rings. The highest BCUT2D eigenvalue weighted by Gasteiger charge is 2.08. The molecule has 0 radical (unpaired) electrons. The van der Waals surface area contributed by atoms with Crippen molar-refractivity contribution in [2.24, 2.45) is 5.92 Å². The van der Waals surface area contributed by atoms with Gasteiger partial charge in [-0.05, 0) is 24.5 Å². The summed E-state index contributed by atoms with van der Waals surface area (Å²) < 4.78 is 0. The van der Waals surface area contributed by atoms with Crippen LogP contribution in [0.2, 0.25) is 0 Å². The Morgan fingerprint density at radius 2 is 2.17 bits per heavy atom. The monoisotopic (exact) mass is 245 g/mol. The first kappa shape index (κ1) is 14.4. The number of benzene rings is 1. The van der Waals surface area contributed by atoms with E-state index in [9.17, 15) is 0 Å². The van der Waals surface area contributed by atoms with Crippen LogP contribution in [-0.2, 0) is 0 Å². The van der Waals surface area contributed by atoms with Crippen LogP contribution in [0.4, 0.5) is 11.4 Å². The quantitative estimate of drug-likeness (QED) is 0.719. The predicted molar refractivity (Wildman–Crippen MR) is 77.4 cm³/mol. The fraction of sp³-hybridized carbons (Fsp3) is 0.533. The minimum Gasteiger partial charge on any atom is -0.396 e. The van der Waals surface area contributed by atoms with Crippen molar-refractivity contribution in [2.45, 2.75) is 39.5 Å².